The molecule has 2 N–H and O–H groups in total. The molecule has 2 aromatic rings. The summed E-state index contributed by atoms with van der Waals surface area (Å²) in [6, 6.07) is 8.48. The number of anilines is 1. The molecule has 2 aromatic carbocycles. The summed E-state index contributed by atoms with van der Waals surface area (Å²) in [4.78, 5) is 24.1. The van der Waals surface area contributed by atoms with Gasteiger partial charge in [0.2, 0.25) is 5.82 Å². The summed E-state index contributed by atoms with van der Waals surface area (Å²) in [6.07, 6.45) is 7.27. The van der Waals surface area contributed by atoms with Crippen LogP contribution in [-0.2, 0) is 11.2 Å². The highest BCUT2D eigenvalue weighted by molar-refractivity contribution is 6.48. The van der Waals surface area contributed by atoms with Gasteiger partial charge in [0.15, 0.2) is 17.4 Å². The number of hydrogen-bond acceptors (Lipinski definition) is 7. The first-order valence-electron chi connectivity index (χ1n) is 13.8. The van der Waals surface area contributed by atoms with Gasteiger partial charge in [0.1, 0.15) is 0 Å². The molecule has 2 aliphatic heterocycles. The van der Waals surface area contributed by atoms with E-state index in [9.17, 15) is 13.6 Å². The maximum atomic E-state index is 15.0. The van der Waals surface area contributed by atoms with Crippen LogP contribution in [0.1, 0.15) is 41.3 Å². The van der Waals surface area contributed by atoms with Gasteiger partial charge in [0, 0.05) is 48.2 Å². The number of amides is 1. The molecule has 0 aliphatic carbocycles. The minimum absolute atomic E-state index is 0.146. The van der Waals surface area contributed by atoms with Crippen LogP contribution in [0.4, 0.5) is 14.5 Å². The second-order valence-corrected chi connectivity index (χ2v) is 10.1. The minimum Gasteiger partial charge on any atom is -0.494 e. The van der Waals surface area contributed by atoms with Crippen LogP contribution in [0.15, 0.2) is 58.8 Å². The molecule has 1 atom stereocenters. The van der Waals surface area contributed by atoms with E-state index in [0.717, 1.165) is 17.8 Å². The Balaban J connectivity index is 1.47. The number of hydrogen-bond donors (Lipinski definition) is 2. The van der Waals surface area contributed by atoms with Crippen LogP contribution in [0.3, 0.4) is 0 Å². The van der Waals surface area contributed by atoms with Crippen molar-refractivity contribution in [3.05, 3.63) is 77.1 Å². The number of ether oxygens (including phenoxy) is 2. The number of benzene rings is 2. The number of aliphatic imine (C=N–C) groups is 2. The van der Waals surface area contributed by atoms with Gasteiger partial charge in [-0.2, -0.15) is 4.39 Å². The lowest BCUT2D eigenvalue weighted by atomic mass is 9.86. The minimum atomic E-state index is -1.02. The molecule has 1 unspecified atom stereocenters. The van der Waals surface area contributed by atoms with E-state index in [-0.39, 0.29) is 23.1 Å². The second kappa shape index (κ2) is 14.1. The smallest absolute Gasteiger partial charge is 0.251 e. The molecule has 0 fully saturated rings. The third kappa shape index (κ3) is 7.25. The first-order valence-corrected chi connectivity index (χ1v) is 13.8. The molecule has 8 nitrogen and oxygen atoms in total. The summed E-state index contributed by atoms with van der Waals surface area (Å²) in [6.45, 7) is 4.29. The van der Waals surface area contributed by atoms with Gasteiger partial charge >= 0.3 is 0 Å². The molecule has 0 radical (unpaired) electrons. The predicted molar refractivity (Wildman–Crippen MR) is 159 cm³/mol. The fraction of sp³-hybridized carbons (Fsp3) is 0.387. The van der Waals surface area contributed by atoms with Gasteiger partial charge in [-0.1, -0.05) is 13.0 Å². The molecular weight excluding hydrogens is 528 g/mol. The zero-order valence-corrected chi connectivity index (χ0v) is 24.0. The van der Waals surface area contributed by atoms with Crippen LogP contribution in [0, 0.1) is 17.6 Å². The van der Waals surface area contributed by atoms with Gasteiger partial charge in [-0.3, -0.25) is 9.79 Å². The summed E-state index contributed by atoms with van der Waals surface area (Å²) < 4.78 is 40.0. The van der Waals surface area contributed by atoms with Crippen LogP contribution in [0.25, 0.3) is 5.57 Å². The Hall–Kier alpha value is -3.89. The maximum Gasteiger partial charge on any atom is 0.251 e. The second-order valence-electron chi connectivity index (χ2n) is 10.1. The van der Waals surface area contributed by atoms with Crippen LogP contribution in [0.5, 0.6) is 5.75 Å². The molecular formula is C31H37F2N5O3. The highest BCUT2D eigenvalue weighted by Crippen LogP contribution is 2.37. The van der Waals surface area contributed by atoms with Gasteiger partial charge < -0.3 is 25.0 Å². The molecule has 2 aliphatic rings. The Morgan fingerprint density at radius 3 is 2.71 bits per heavy atom. The first-order chi connectivity index (χ1) is 19.8. The van der Waals surface area contributed by atoms with Gasteiger partial charge in [0.25, 0.3) is 5.91 Å². The average molecular weight is 566 g/mol. The number of aryl methyl sites for hydroxylation is 1. The zero-order chi connectivity index (χ0) is 29.4. The van der Waals surface area contributed by atoms with Crippen molar-refractivity contribution >= 4 is 28.7 Å². The summed E-state index contributed by atoms with van der Waals surface area (Å²) in [5.74, 6) is -2.04. The number of fused-ring (bicyclic) bond motifs is 1. The topological polar surface area (TPSA) is 87.5 Å². The number of rotatable bonds is 11. The number of halogens is 2. The number of amidine groups is 1. The van der Waals surface area contributed by atoms with Crippen molar-refractivity contribution in [3.8, 4) is 5.75 Å². The van der Waals surface area contributed by atoms with Crippen molar-refractivity contribution in [1.82, 2.24) is 10.2 Å². The average Bonchev–Trinajstić information content (AvgIpc) is 3.36. The molecule has 0 aromatic heterocycles. The molecule has 218 valence electrons. The molecule has 0 bridgehead atoms. The lowest BCUT2D eigenvalue weighted by Gasteiger charge is -2.21. The quantitative estimate of drug-likeness (QED) is 0.372. The Morgan fingerprint density at radius 1 is 1.12 bits per heavy atom. The van der Waals surface area contributed by atoms with Crippen molar-refractivity contribution in [2.75, 3.05) is 52.8 Å². The molecule has 0 saturated heterocycles. The Labute approximate surface area is 239 Å². The van der Waals surface area contributed by atoms with E-state index in [2.05, 4.69) is 20.6 Å². The van der Waals surface area contributed by atoms with E-state index < -0.39 is 11.6 Å². The van der Waals surface area contributed by atoms with Crippen molar-refractivity contribution in [1.29, 1.82) is 0 Å². The number of nitrogens with zero attached hydrogens (tertiary/aromatic N) is 3. The van der Waals surface area contributed by atoms with E-state index in [4.69, 9.17) is 9.47 Å². The lowest BCUT2D eigenvalue weighted by Crippen LogP contribution is -2.30. The summed E-state index contributed by atoms with van der Waals surface area (Å²) in [7, 11) is 5.27. The molecule has 0 saturated carbocycles. The van der Waals surface area contributed by atoms with Crippen molar-refractivity contribution in [2.24, 2.45) is 15.9 Å². The van der Waals surface area contributed by atoms with Crippen LogP contribution in [0.2, 0.25) is 0 Å². The van der Waals surface area contributed by atoms with Crippen molar-refractivity contribution in [3.63, 3.8) is 0 Å². The Bertz CT molecular complexity index is 1380. The van der Waals surface area contributed by atoms with E-state index in [0.29, 0.717) is 61.7 Å². The van der Waals surface area contributed by atoms with E-state index in [1.54, 1.807) is 18.5 Å². The molecule has 0 spiro atoms. The highest BCUT2D eigenvalue weighted by atomic mass is 19.2. The summed E-state index contributed by atoms with van der Waals surface area (Å²) in [5, 5.41) is 6.27. The molecule has 2 heterocycles. The molecule has 10 heteroatoms. The highest BCUT2D eigenvalue weighted by Gasteiger charge is 2.32. The number of carbonyl (C=O) groups is 1. The van der Waals surface area contributed by atoms with Gasteiger partial charge in [0.05, 0.1) is 26.0 Å². The predicted octanol–water partition coefficient (Wildman–Crippen LogP) is 5.07. The fourth-order valence-electron chi connectivity index (χ4n) is 4.78. The van der Waals surface area contributed by atoms with E-state index in [1.807, 2.05) is 44.1 Å². The normalized spacial score (nSPS) is 18.4. The van der Waals surface area contributed by atoms with Crippen LogP contribution >= 0.6 is 0 Å². The number of allylic oxidation sites excluding steroid dienone is 2. The third-order valence-electron chi connectivity index (χ3n) is 7.01. The summed E-state index contributed by atoms with van der Waals surface area (Å²) >= 11 is 0. The van der Waals surface area contributed by atoms with Crippen LogP contribution in [-0.4, -0.2) is 69.9 Å². The van der Waals surface area contributed by atoms with E-state index >= 15 is 0 Å². The number of nitrogens with one attached hydrogen (secondary N) is 2. The van der Waals surface area contributed by atoms with Gasteiger partial charge in [-0.05, 0) is 74.8 Å². The number of likely N-dealkylation sites (N-methyl/N-ethyl adjacent to an activating group) is 1. The standard InChI is InChI=1S/C31H37F2N5O3/c1-5-20-18-21(9-10-22(20)31(39)35-14-16-41-17-15-38(2)3)37-30-29-24(8-6-7-13-34-30)25(19-36-29)23-11-12-26(40-4)28(33)27(23)32/h7,9-13,18-19,24H,5-6,8,14-17H2,1-4H3,(H,34,37)(H,35,39)/b13-7-. The zero-order valence-electron chi connectivity index (χ0n) is 24.0. The van der Waals surface area contributed by atoms with Gasteiger partial charge in [-0.25, -0.2) is 9.38 Å². The maximum absolute atomic E-state index is 15.0. The molecule has 1 amide bonds. The monoisotopic (exact) mass is 565 g/mol. The molecule has 41 heavy (non-hydrogen) atoms. The largest absolute Gasteiger partial charge is 0.494 e. The number of methoxy groups -OCH3 is 1. The summed E-state index contributed by atoms with van der Waals surface area (Å²) in [5.41, 5.74) is 3.62. The molecule has 4 rings (SSSR count). The van der Waals surface area contributed by atoms with Crippen LogP contribution < -0.4 is 15.4 Å². The van der Waals surface area contributed by atoms with Crippen molar-refractivity contribution < 1.29 is 23.0 Å². The first kappa shape index (κ1) is 30.1. The fourth-order valence-corrected chi connectivity index (χ4v) is 4.78. The van der Waals surface area contributed by atoms with Gasteiger partial charge in [-0.15, -0.1) is 0 Å². The lowest BCUT2D eigenvalue weighted by molar-refractivity contribution is 0.0899. The third-order valence-corrected chi connectivity index (χ3v) is 7.01. The Morgan fingerprint density at radius 2 is 1.95 bits per heavy atom. The Kier molecular flexibility index (Phi) is 10.4. The number of carbonyl (C=O) groups excluding carboxylic acids is 1. The SMILES string of the molecule is CCc1cc(N/C2=N/C=C\CCC3C(c4ccc(OC)c(F)c4F)=CN=C23)ccc1C(=O)NCCOCCN(C)C. The van der Waals surface area contributed by atoms with E-state index in [1.165, 1.54) is 19.2 Å². The van der Waals surface area contributed by atoms with Crippen molar-refractivity contribution in [2.45, 2.75) is 26.2 Å².